The van der Waals surface area contributed by atoms with Gasteiger partial charge in [-0.2, -0.15) is 0 Å². The summed E-state index contributed by atoms with van der Waals surface area (Å²) in [6, 6.07) is 12.5. The summed E-state index contributed by atoms with van der Waals surface area (Å²) in [7, 11) is 0. The molecule has 1 heterocycles. The molecule has 0 bridgehead atoms. The molecule has 1 aromatic heterocycles. The molecule has 0 aliphatic rings. The maximum Gasteiger partial charge on any atom is 0.131 e. The van der Waals surface area contributed by atoms with E-state index in [0.29, 0.717) is 5.52 Å². The molecule has 108 valence electrons. The van der Waals surface area contributed by atoms with Crippen LogP contribution >= 0.6 is 11.8 Å². The van der Waals surface area contributed by atoms with Crippen LogP contribution in [0.25, 0.3) is 16.7 Å². The molecule has 0 fully saturated rings. The number of rotatable bonds is 3. The minimum atomic E-state index is -0.291. The van der Waals surface area contributed by atoms with Crippen LogP contribution in [0.5, 0.6) is 0 Å². The molecule has 0 saturated heterocycles. The molecule has 0 amide bonds. The number of nitrogens with two attached hydrogens (primary N) is 1. The van der Waals surface area contributed by atoms with Crippen molar-refractivity contribution in [2.45, 2.75) is 17.9 Å². The fraction of sp³-hybridized carbons (Fsp3) is 0.188. The van der Waals surface area contributed by atoms with Crippen molar-refractivity contribution in [1.82, 2.24) is 9.55 Å². The minimum Gasteiger partial charge on any atom is -0.322 e. The van der Waals surface area contributed by atoms with Gasteiger partial charge >= 0.3 is 0 Å². The van der Waals surface area contributed by atoms with Crippen LogP contribution in [0.1, 0.15) is 18.8 Å². The summed E-state index contributed by atoms with van der Waals surface area (Å²) in [6.07, 6.45) is 2.03. The molecular formula is C16H16FN3S. The number of imidazole rings is 1. The van der Waals surface area contributed by atoms with Crippen molar-refractivity contribution in [3.8, 4) is 5.69 Å². The van der Waals surface area contributed by atoms with Gasteiger partial charge in [0.05, 0.1) is 17.1 Å². The van der Waals surface area contributed by atoms with Crippen molar-refractivity contribution < 1.29 is 4.39 Å². The molecule has 2 aromatic carbocycles. The molecule has 21 heavy (non-hydrogen) atoms. The molecule has 3 nitrogen and oxygen atoms in total. The summed E-state index contributed by atoms with van der Waals surface area (Å²) in [5.41, 5.74) is 8.52. The Kier molecular flexibility index (Phi) is 3.69. The molecule has 2 N–H and O–H groups in total. The summed E-state index contributed by atoms with van der Waals surface area (Å²) in [6.45, 7) is 1.88. The lowest BCUT2D eigenvalue weighted by Crippen LogP contribution is -2.12. The van der Waals surface area contributed by atoms with E-state index in [-0.39, 0.29) is 11.9 Å². The highest BCUT2D eigenvalue weighted by Crippen LogP contribution is 2.27. The van der Waals surface area contributed by atoms with Gasteiger partial charge in [0.2, 0.25) is 0 Å². The van der Waals surface area contributed by atoms with Gasteiger partial charge in [0.15, 0.2) is 0 Å². The van der Waals surface area contributed by atoms with E-state index in [9.17, 15) is 4.39 Å². The maximum absolute atomic E-state index is 13.4. The van der Waals surface area contributed by atoms with Crippen molar-refractivity contribution in [2.75, 3.05) is 6.26 Å². The Labute approximate surface area is 127 Å². The lowest BCUT2D eigenvalue weighted by molar-refractivity contribution is 0.629. The average molecular weight is 301 g/mol. The van der Waals surface area contributed by atoms with Crippen LogP contribution < -0.4 is 5.73 Å². The van der Waals surface area contributed by atoms with Crippen LogP contribution in [0, 0.1) is 5.82 Å². The quantitative estimate of drug-likeness (QED) is 0.746. The zero-order valence-electron chi connectivity index (χ0n) is 11.9. The van der Waals surface area contributed by atoms with Crippen molar-refractivity contribution >= 4 is 22.8 Å². The molecule has 3 rings (SSSR count). The van der Waals surface area contributed by atoms with Crippen molar-refractivity contribution in [3.05, 3.63) is 54.1 Å². The standard InChI is InChI=1S/C16H16FN3S/c1-10(18)16-19-14-8-11(17)6-7-15(14)20(16)12-4-3-5-13(9-12)21-2/h3-10H,18H2,1-2H3. The first-order valence-electron chi connectivity index (χ1n) is 6.68. The highest BCUT2D eigenvalue weighted by atomic mass is 32.2. The SMILES string of the molecule is CSc1cccc(-n2c(C(C)N)nc3cc(F)ccc32)c1. The van der Waals surface area contributed by atoms with Crippen molar-refractivity contribution in [1.29, 1.82) is 0 Å². The largest absolute Gasteiger partial charge is 0.322 e. The summed E-state index contributed by atoms with van der Waals surface area (Å²) in [4.78, 5) is 5.66. The maximum atomic E-state index is 13.4. The van der Waals surface area contributed by atoms with Gasteiger partial charge in [-0.25, -0.2) is 9.37 Å². The Balaban J connectivity index is 2.30. The number of hydrogen-bond acceptors (Lipinski definition) is 3. The van der Waals surface area contributed by atoms with E-state index in [1.165, 1.54) is 12.1 Å². The zero-order valence-corrected chi connectivity index (χ0v) is 12.7. The summed E-state index contributed by atoms with van der Waals surface area (Å²) < 4.78 is 15.4. The first-order chi connectivity index (χ1) is 10.1. The molecule has 5 heteroatoms. The number of halogens is 1. The van der Waals surface area contributed by atoms with E-state index in [1.807, 2.05) is 29.9 Å². The van der Waals surface area contributed by atoms with E-state index in [0.717, 1.165) is 21.9 Å². The lowest BCUT2D eigenvalue weighted by Gasteiger charge is -2.12. The smallest absolute Gasteiger partial charge is 0.131 e. The van der Waals surface area contributed by atoms with Gasteiger partial charge < -0.3 is 5.73 Å². The predicted octanol–water partition coefficient (Wildman–Crippen LogP) is 3.91. The fourth-order valence-electron chi connectivity index (χ4n) is 2.40. The van der Waals surface area contributed by atoms with Gasteiger partial charge in [-0.1, -0.05) is 6.07 Å². The third-order valence-corrected chi connectivity index (χ3v) is 4.09. The highest BCUT2D eigenvalue weighted by Gasteiger charge is 2.16. The average Bonchev–Trinajstić information content (AvgIpc) is 2.86. The first-order valence-corrected chi connectivity index (χ1v) is 7.90. The van der Waals surface area contributed by atoms with Crippen molar-refractivity contribution in [2.24, 2.45) is 5.73 Å². The van der Waals surface area contributed by atoms with Crippen LogP contribution in [-0.2, 0) is 0 Å². The second kappa shape index (κ2) is 5.50. The van der Waals surface area contributed by atoms with E-state index in [2.05, 4.69) is 17.1 Å². The Morgan fingerprint density at radius 3 is 2.76 bits per heavy atom. The van der Waals surface area contributed by atoms with E-state index < -0.39 is 0 Å². The third-order valence-electron chi connectivity index (χ3n) is 3.36. The third kappa shape index (κ3) is 2.54. The molecule has 0 radical (unpaired) electrons. The molecule has 3 aromatic rings. The van der Waals surface area contributed by atoms with E-state index in [1.54, 1.807) is 17.8 Å². The van der Waals surface area contributed by atoms with Crippen LogP contribution in [0.4, 0.5) is 4.39 Å². The van der Waals surface area contributed by atoms with Crippen molar-refractivity contribution in [3.63, 3.8) is 0 Å². The predicted molar refractivity (Wildman–Crippen MR) is 85.4 cm³/mol. The van der Waals surface area contributed by atoms with Gasteiger partial charge in [0, 0.05) is 16.6 Å². The monoisotopic (exact) mass is 301 g/mol. The number of fused-ring (bicyclic) bond motifs is 1. The van der Waals surface area contributed by atoms with E-state index in [4.69, 9.17) is 5.73 Å². The van der Waals surface area contributed by atoms with Gasteiger partial charge in [-0.05, 0) is 43.5 Å². The lowest BCUT2D eigenvalue weighted by atomic mass is 10.2. The van der Waals surface area contributed by atoms with Crippen LogP contribution in [0.15, 0.2) is 47.4 Å². The summed E-state index contributed by atoms with van der Waals surface area (Å²) in [5.74, 6) is 0.440. The van der Waals surface area contributed by atoms with Gasteiger partial charge in [-0.3, -0.25) is 4.57 Å². The molecule has 0 saturated carbocycles. The first kappa shape index (κ1) is 14.1. The molecule has 0 aliphatic carbocycles. The van der Waals surface area contributed by atoms with Gasteiger partial charge in [0.1, 0.15) is 11.6 Å². The van der Waals surface area contributed by atoms with Crippen LogP contribution in [-0.4, -0.2) is 15.8 Å². The number of nitrogens with zero attached hydrogens (tertiary/aromatic N) is 2. The zero-order chi connectivity index (χ0) is 15.0. The number of aromatic nitrogens is 2. The topological polar surface area (TPSA) is 43.8 Å². The fourth-order valence-corrected chi connectivity index (χ4v) is 2.85. The second-order valence-corrected chi connectivity index (χ2v) is 5.81. The number of benzene rings is 2. The molecule has 1 unspecified atom stereocenters. The Hall–Kier alpha value is -1.85. The summed E-state index contributed by atoms with van der Waals surface area (Å²) in [5, 5.41) is 0. The number of hydrogen-bond donors (Lipinski definition) is 1. The second-order valence-electron chi connectivity index (χ2n) is 4.93. The highest BCUT2D eigenvalue weighted by molar-refractivity contribution is 7.98. The summed E-state index contributed by atoms with van der Waals surface area (Å²) >= 11 is 1.68. The number of thioether (sulfide) groups is 1. The Bertz CT molecular complexity index is 795. The van der Waals surface area contributed by atoms with Crippen LogP contribution in [0.2, 0.25) is 0 Å². The molecular weight excluding hydrogens is 285 g/mol. The van der Waals surface area contributed by atoms with E-state index >= 15 is 0 Å². The van der Waals surface area contributed by atoms with Gasteiger partial charge in [0.25, 0.3) is 0 Å². The minimum absolute atomic E-state index is 0.238. The molecule has 1 atom stereocenters. The van der Waals surface area contributed by atoms with Gasteiger partial charge in [-0.15, -0.1) is 11.8 Å². The Morgan fingerprint density at radius 1 is 1.24 bits per heavy atom. The molecule has 0 aliphatic heterocycles. The molecule has 0 spiro atoms. The van der Waals surface area contributed by atoms with Crippen LogP contribution in [0.3, 0.4) is 0 Å². The Morgan fingerprint density at radius 2 is 2.05 bits per heavy atom. The normalized spacial score (nSPS) is 12.8.